The lowest BCUT2D eigenvalue weighted by Gasteiger charge is -2.30. The molecular weight excluding hydrogens is 286 g/mol. The van der Waals surface area contributed by atoms with E-state index in [-0.39, 0.29) is 6.03 Å². The molecule has 1 aliphatic heterocycles. The number of anilines is 1. The molecule has 116 valence electrons. The predicted molar refractivity (Wildman–Crippen MR) is 87.9 cm³/mol. The minimum absolute atomic E-state index is 0.176. The van der Waals surface area contributed by atoms with Crippen molar-refractivity contribution in [2.45, 2.75) is 26.2 Å². The monoisotopic (exact) mass is 309 g/mol. The molecule has 0 unspecified atom stereocenters. The van der Waals surface area contributed by atoms with Gasteiger partial charge in [-0.1, -0.05) is 24.6 Å². The van der Waals surface area contributed by atoms with E-state index in [1.807, 2.05) is 12.1 Å². The summed E-state index contributed by atoms with van der Waals surface area (Å²) in [5.41, 5.74) is 0.713. The SMILES string of the molecule is CC1CCN(CCCNC(=O)Nc2cccc(Cl)c2)CC1. The van der Waals surface area contributed by atoms with Crippen LogP contribution in [-0.4, -0.2) is 37.1 Å². The van der Waals surface area contributed by atoms with Crippen LogP contribution in [0.5, 0.6) is 0 Å². The van der Waals surface area contributed by atoms with E-state index in [0.29, 0.717) is 17.3 Å². The summed E-state index contributed by atoms with van der Waals surface area (Å²) in [6, 6.07) is 6.97. The maximum Gasteiger partial charge on any atom is 0.319 e. The second-order valence-electron chi connectivity index (χ2n) is 5.77. The van der Waals surface area contributed by atoms with Crippen LogP contribution in [0.1, 0.15) is 26.2 Å². The lowest BCUT2D eigenvalue weighted by Crippen LogP contribution is -2.36. The summed E-state index contributed by atoms with van der Waals surface area (Å²) in [6.07, 6.45) is 3.57. The third-order valence-electron chi connectivity index (χ3n) is 3.90. The molecule has 4 nitrogen and oxygen atoms in total. The van der Waals surface area contributed by atoms with Gasteiger partial charge in [0, 0.05) is 17.3 Å². The van der Waals surface area contributed by atoms with Crippen molar-refractivity contribution in [1.29, 1.82) is 0 Å². The van der Waals surface area contributed by atoms with E-state index in [4.69, 9.17) is 11.6 Å². The van der Waals surface area contributed by atoms with E-state index in [9.17, 15) is 4.79 Å². The molecule has 5 heteroatoms. The van der Waals surface area contributed by atoms with Crippen LogP contribution in [0.3, 0.4) is 0 Å². The Kier molecular flexibility index (Phi) is 6.33. The number of urea groups is 1. The number of likely N-dealkylation sites (tertiary alicyclic amines) is 1. The zero-order valence-corrected chi connectivity index (χ0v) is 13.3. The van der Waals surface area contributed by atoms with Gasteiger partial charge in [-0.15, -0.1) is 0 Å². The Hall–Kier alpha value is -1.26. The number of benzene rings is 1. The lowest BCUT2D eigenvalue weighted by atomic mass is 9.99. The van der Waals surface area contributed by atoms with Gasteiger partial charge in [-0.2, -0.15) is 0 Å². The first-order valence-electron chi connectivity index (χ1n) is 7.66. The van der Waals surface area contributed by atoms with Gasteiger partial charge in [0.1, 0.15) is 0 Å². The minimum Gasteiger partial charge on any atom is -0.338 e. The molecule has 1 aromatic carbocycles. The van der Waals surface area contributed by atoms with Crippen molar-refractivity contribution in [3.63, 3.8) is 0 Å². The molecule has 0 atom stereocenters. The number of nitrogens with one attached hydrogen (secondary N) is 2. The molecule has 1 aromatic rings. The number of nitrogens with zero attached hydrogens (tertiary/aromatic N) is 1. The van der Waals surface area contributed by atoms with Gasteiger partial charge < -0.3 is 15.5 Å². The molecular formula is C16H24ClN3O. The molecule has 2 rings (SSSR count). The molecule has 0 aromatic heterocycles. The Labute approximate surface area is 131 Å². The van der Waals surface area contributed by atoms with Crippen LogP contribution in [-0.2, 0) is 0 Å². The highest BCUT2D eigenvalue weighted by Gasteiger charge is 2.14. The molecule has 0 radical (unpaired) electrons. The third kappa shape index (κ3) is 5.94. The second kappa shape index (κ2) is 8.25. The minimum atomic E-state index is -0.176. The number of halogens is 1. The van der Waals surface area contributed by atoms with Crippen molar-refractivity contribution in [1.82, 2.24) is 10.2 Å². The van der Waals surface area contributed by atoms with E-state index >= 15 is 0 Å². The van der Waals surface area contributed by atoms with Crippen LogP contribution >= 0.6 is 11.6 Å². The number of hydrogen-bond acceptors (Lipinski definition) is 2. The normalized spacial score (nSPS) is 16.7. The maximum absolute atomic E-state index is 11.7. The molecule has 1 heterocycles. The first kappa shape index (κ1) is 16.1. The quantitative estimate of drug-likeness (QED) is 0.817. The summed E-state index contributed by atoms with van der Waals surface area (Å²) in [6.45, 7) is 6.45. The molecule has 21 heavy (non-hydrogen) atoms. The van der Waals surface area contributed by atoms with Crippen molar-refractivity contribution >= 4 is 23.3 Å². The molecule has 1 saturated heterocycles. The molecule has 1 aliphatic rings. The Balaban J connectivity index is 1.59. The number of hydrogen-bond donors (Lipinski definition) is 2. The van der Waals surface area contributed by atoms with E-state index in [0.717, 1.165) is 18.9 Å². The second-order valence-corrected chi connectivity index (χ2v) is 6.21. The number of rotatable bonds is 5. The highest BCUT2D eigenvalue weighted by Crippen LogP contribution is 2.16. The van der Waals surface area contributed by atoms with Gasteiger partial charge in [0.2, 0.25) is 0 Å². The maximum atomic E-state index is 11.7. The van der Waals surface area contributed by atoms with E-state index in [1.165, 1.54) is 25.9 Å². The van der Waals surface area contributed by atoms with Crippen LogP contribution < -0.4 is 10.6 Å². The van der Waals surface area contributed by atoms with E-state index in [1.54, 1.807) is 12.1 Å². The fraction of sp³-hybridized carbons (Fsp3) is 0.562. The van der Waals surface area contributed by atoms with Crippen LogP contribution in [0.2, 0.25) is 5.02 Å². The summed E-state index contributed by atoms with van der Waals surface area (Å²) in [4.78, 5) is 14.2. The van der Waals surface area contributed by atoms with Crippen molar-refractivity contribution in [2.24, 2.45) is 5.92 Å². The largest absolute Gasteiger partial charge is 0.338 e. The first-order valence-corrected chi connectivity index (χ1v) is 8.04. The van der Waals surface area contributed by atoms with Gasteiger partial charge in [-0.05, 0) is 63.0 Å². The predicted octanol–water partition coefficient (Wildman–Crippen LogP) is 3.58. The molecule has 0 aliphatic carbocycles. The summed E-state index contributed by atoms with van der Waals surface area (Å²) >= 11 is 5.87. The molecule has 1 fully saturated rings. The van der Waals surface area contributed by atoms with Gasteiger partial charge in [-0.25, -0.2) is 4.79 Å². The number of carbonyl (C=O) groups is 1. The Morgan fingerprint density at radius 1 is 1.38 bits per heavy atom. The van der Waals surface area contributed by atoms with Crippen LogP contribution in [0.15, 0.2) is 24.3 Å². The topological polar surface area (TPSA) is 44.4 Å². The van der Waals surface area contributed by atoms with Crippen molar-refractivity contribution in [3.8, 4) is 0 Å². The standard InChI is InChI=1S/C16H24ClN3O/c1-13-6-10-20(11-7-13)9-3-8-18-16(21)19-15-5-2-4-14(17)12-15/h2,4-5,12-13H,3,6-11H2,1H3,(H2,18,19,21). The van der Waals surface area contributed by atoms with Crippen molar-refractivity contribution in [2.75, 3.05) is 31.5 Å². The molecule has 0 spiro atoms. The van der Waals surface area contributed by atoms with Crippen molar-refractivity contribution in [3.05, 3.63) is 29.3 Å². The summed E-state index contributed by atoms with van der Waals surface area (Å²) in [7, 11) is 0. The van der Waals surface area contributed by atoms with Gasteiger partial charge in [-0.3, -0.25) is 0 Å². The van der Waals surface area contributed by atoms with E-state index in [2.05, 4.69) is 22.5 Å². The number of carbonyl (C=O) groups excluding carboxylic acids is 1. The lowest BCUT2D eigenvalue weighted by molar-refractivity contribution is 0.190. The highest BCUT2D eigenvalue weighted by atomic mass is 35.5. The average molecular weight is 310 g/mol. The van der Waals surface area contributed by atoms with Gasteiger partial charge in [0.05, 0.1) is 0 Å². The van der Waals surface area contributed by atoms with Gasteiger partial charge >= 0.3 is 6.03 Å². The summed E-state index contributed by atoms with van der Waals surface area (Å²) in [5.74, 6) is 0.864. The number of amides is 2. The van der Waals surface area contributed by atoms with Crippen LogP contribution in [0, 0.1) is 5.92 Å². The summed E-state index contributed by atoms with van der Waals surface area (Å²) in [5, 5.41) is 6.28. The van der Waals surface area contributed by atoms with Gasteiger partial charge in [0.15, 0.2) is 0 Å². The molecule has 2 amide bonds. The Morgan fingerprint density at radius 2 is 2.14 bits per heavy atom. The average Bonchev–Trinajstić information content (AvgIpc) is 2.45. The molecule has 0 bridgehead atoms. The zero-order valence-electron chi connectivity index (χ0n) is 12.6. The Bertz CT molecular complexity index is 459. The summed E-state index contributed by atoms with van der Waals surface area (Å²) < 4.78 is 0. The van der Waals surface area contributed by atoms with Crippen molar-refractivity contribution < 1.29 is 4.79 Å². The fourth-order valence-corrected chi connectivity index (χ4v) is 2.72. The Morgan fingerprint density at radius 3 is 2.86 bits per heavy atom. The molecule has 0 saturated carbocycles. The molecule has 2 N–H and O–H groups in total. The fourth-order valence-electron chi connectivity index (χ4n) is 2.53. The van der Waals surface area contributed by atoms with Gasteiger partial charge in [0.25, 0.3) is 0 Å². The smallest absolute Gasteiger partial charge is 0.319 e. The zero-order chi connectivity index (χ0) is 15.1. The first-order chi connectivity index (χ1) is 10.1. The van der Waals surface area contributed by atoms with E-state index < -0.39 is 0 Å². The van der Waals surface area contributed by atoms with Crippen LogP contribution in [0.4, 0.5) is 10.5 Å². The van der Waals surface area contributed by atoms with Crippen LogP contribution in [0.25, 0.3) is 0 Å². The number of piperidine rings is 1. The highest BCUT2D eigenvalue weighted by molar-refractivity contribution is 6.30. The third-order valence-corrected chi connectivity index (χ3v) is 4.13.